The summed E-state index contributed by atoms with van der Waals surface area (Å²) in [5.41, 5.74) is 0.965. The summed E-state index contributed by atoms with van der Waals surface area (Å²) in [6.07, 6.45) is 0. The number of aromatic nitrogens is 1. The Morgan fingerprint density at radius 3 is 2.58 bits per heavy atom. The van der Waals surface area contributed by atoms with Crippen molar-refractivity contribution in [3.63, 3.8) is 0 Å². The molecule has 0 fully saturated rings. The van der Waals surface area contributed by atoms with Gasteiger partial charge in [-0.05, 0) is 12.1 Å². The van der Waals surface area contributed by atoms with Crippen molar-refractivity contribution in [2.24, 2.45) is 0 Å². The third kappa shape index (κ3) is 3.48. The van der Waals surface area contributed by atoms with E-state index in [1.54, 1.807) is 18.2 Å². The van der Waals surface area contributed by atoms with Crippen molar-refractivity contribution in [1.82, 2.24) is 4.98 Å². The van der Waals surface area contributed by atoms with Crippen LogP contribution in [0.25, 0.3) is 0 Å². The van der Waals surface area contributed by atoms with Gasteiger partial charge in [0.05, 0.1) is 27.1 Å². The molecule has 2 nitrogen and oxygen atoms in total. The Hall–Kier alpha value is -1.07. The van der Waals surface area contributed by atoms with Crippen molar-refractivity contribution in [3.05, 3.63) is 46.2 Å². The smallest absolute Gasteiger partial charge is 0.139 e. The van der Waals surface area contributed by atoms with E-state index in [1.165, 1.54) is 17.4 Å². The van der Waals surface area contributed by atoms with E-state index in [4.69, 9.17) is 0 Å². The van der Waals surface area contributed by atoms with Gasteiger partial charge in [-0.1, -0.05) is 32.9 Å². The molecule has 5 heteroatoms. The minimum Gasteiger partial charge on any atom is -0.254 e. The molecule has 0 amide bonds. The lowest BCUT2D eigenvalue weighted by Crippen LogP contribution is -2.11. The summed E-state index contributed by atoms with van der Waals surface area (Å²) in [5.74, 6) is -0.157. The van der Waals surface area contributed by atoms with Crippen molar-refractivity contribution >= 4 is 22.1 Å². The Labute approximate surface area is 119 Å². The SMILES string of the molecule is CC(C)(C)c1csc(CS(=O)c2ccccc2F)n1. The van der Waals surface area contributed by atoms with E-state index >= 15 is 0 Å². The number of thiazole rings is 1. The Kier molecular flexibility index (Phi) is 4.16. The molecule has 0 spiro atoms. The van der Waals surface area contributed by atoms with Crippen molar-refractivity contribution < 1.29 is 8.60 Å². The minimum atomic E-state index is -1.39. The molecule has 0 saturated carbocycles. The molecular weight excluding hydrogens is 281 g/mol. The van der Waals surface area contributed by atoms with Crippen molar-refractivity contribution in [3.8, 4) is 0 Å². The Morgan fingerprint density at radius 2 is 2.00 bits per heavy atom. The summed E-state index contributed by atoms with van der Waals surface area (Å²) in [6, 6.07) is 6.18. The van der Waals surface area contributed by atoms with Gasteiger partial charge in [0.25, 0.3) is 0 Å². The molecule has 2 rings (SSSR count). The molecular formula is C14H16FNOS2. The molecule has 0 radical (unpaired) electrons. The van der Waals surface area contributed by atoms with Crippen LogP contribution >= 0.6 is 11.3 Å². The van der Waals surface area contributed by atoms with Crippen LogP contribution in [0, 0.1) is 5.82 Å². The maximum atomic E-state index is 13.5. The number of nitrogens with zero attached hydrogens (tertiary/aromatic N) is 1. The molecule has 0 aliphatic heterocycles. The van der Waals surface area contributed by atoms with E-state index in [0.717, 1.165) is 10.7 Å². The van der Waals surface area contributed by atoms with Crippen LogP contribution in [0.4, 0.5) is 4.39 Å². The van der Waals surface area contributed by atoms with Gasteiger partial charge in [0.15, 0.2) is 0 Å². The highest BCUT2D eigenvalue weighted by molar-refractivity contribution is 7.84. The Balaban J connectivity index is 2.16. The molecule has 0 bridgehead atoms. The highest BCUT2D eigenvalue weighted by Crippen LogP contribution is 2.25. The van der Waals surface area contributed by atoms with Gasteiger partial charge in [0.1, 0.15) is 10.8 Å². The number of hydrogen-bond donors (Lipinski definition) is 0. The van der Waals surface area contributed by atoms with Crippen LogP contribution in [0.5, 0.6) is 0 Å². The van der Waals surface area contributed by atoms with Gasteiger partial charge in [-0.3, -0.25) is 4.21 Å². The van der Waals surface area contributed by atoms with E-state index in [-0.39, 0.29) is 16.1 Å². The van der Waals surface area contributed by atoms with E-state index in [9.17, 15) is 8.60 Å². The Bertz CT molecular complexity index is 601. The fourth-order valence-corrected chi connectivity index (χ4v) is 3.90. The van der Waals surface area contributed by atoms with E-state index in [0.29, 0.717) is 0 Å². The first-order valence-electron chi connectivity index (χ1n) is 5.96. The number of rotatable bonds is 3. The van der Waals surface area contributed by atoms with Crippen LogP contribution < -0.4 is 0 Å². The van der Waals surface area contributed by atoms with Gasteiger partial charge in [-0.2, -0.15) is 0 Å². The quantitative estimate of drug-likeness (QED) is 0.860. The van der Waals surface area contributed by atoms with Crippen molar-refractivity contribution in [2.45, 2.75) is 36.8 Å². The van der Waals surface area contributed by atoms with Crippen LogP contribution in [0.15, 0.2) is 34.5 Å². The molecule has 2 aromatic rings. The topological polar surface area (TPSA) is 30.0 Å². The second kappa shape index (κ2) is 5.51. The first-order chi connectivity index (χ1) is 8.88. The summed E-state index contributed by atoms with van der Waals surface area (Å²) in [6.45, 7) is 6.25. The maximum Gasteiger partial charge on any atom is 0.139 e. The monoisotopic (exact) mass is 297 g/mol. The van der Waals surface area contributed by atoms with Gasteiger partial charge in [-0.15, -0.1) is 11.3 Å². The lowest BCUT2D eigenvalue weighted by atomic mass is 9.93. The molecule has 1 aromatic heterocycles. The number of benzene rings is 1. The van der Waals surface area contributed by atoms with Crippen LogP contribution in [-0.4, -0.2) is 9.19 Å². The number of halogens is 1. The van der Waals surface area contributed by atoms with Crippen molar-refractivity contribution in [2.75, 3.05) is 0 Å². The third-order valence-corrected chi connectivity index (χ3v) is 5.05. The molecule has 0 aliphatic carbocycles. The third-order valence-electron chi connectivity index (χ3n) is 2.66. The van der Waals surface area contributed by atoms with Gasteiger partial charge in [-0.25, -0.2) is 9.37 Å². The van der Waals surface area contributed by atoms with E-state index < -0.39 is 16.6 Å². The highest BCUT2D eigenvalue weighted by atomic mass is 32.2. The summed E-state index contributed by atoms with van der Waals surface area (Å²) < 4.78 is 25.7. The van der Waals surface area contributed by atoms with Crippen LogP contribution in [0.3, 0.4) is 0 Å². The maximum absolute atomic E-state index is 13.5. The van der Waals surface area contributed by atoms with Crippen LogP contribution in [0.1, 0.15) is 31.5 Å². The predicted molar refractivity (Wildman–Crippen MR) is 77.3 cm³/mol. The molecule has 102 valence electrons. The van der Waals surface area contributed by atoms with Crippen LogP contribution in [0.2, 0.25) is 0 Å². The molecule has 1 heterocycles. The second-order valence-electron chi connectivity index (χ2n) is 5.30. The molecule has 0 saturated heterocycles. The first kappa shape index (κ1) is 14.3. The summed E-state index contributed by atoms with van der Waals surface area (Å²) in [4.78, 5) is 4.73. The summed E-state index contributed by atoms with van der Waals surface area (Å²) >= 11 is 1.48. The Morgan fingerprint density at radius 1 is 1.32 bits per heavy atom. The second-order valence-corrected chi connectivity index (χ2v) is 7.66. The van der Waals surface area contributed by atoms with E-state index in [2.05, 4.69) is 25.8 Å². The molecule has 1 atom stereocenters. The summed E-state index contributed by atoms with van der Waals surface area (Å²) in [5, 5.41) is 2.76. The molecule has 0 N–H and O–H groups in total. The zero-order chi connectivity index (χ0) is 14.0. The van der Waals surface area contributed by atoms with Gasteiger partial charge < -0.3 is 0 Å². The zero-order valence-electron chi connectivity index (χ0n) is 11.1. The minimum absolute atomic E-state index is 0.0196. The fourth-order valence-electron chi connectivity index (χ4n) is 1.54. The molecule has 0 aliphatic rings. The largest absolute Gasteiger partial charge is 0.254 e. The van der Waals surface area contributed by atoms with Gasteiger partial charge in [0.2, 0.25) is 0 Å². The first-order valence-corrected chi connectivity index (χ1v) is 8.15. The lowest BCUT2D eigenvalue weighted by Gasteiger charge is -2.14. The fraction of sp³-hybridized carbons (Fsp3) is 0.357. The molecule has 19 heavy (non-hydrogen) atoms. The molecule has 1 unspecified atom stereocenters. The number of hydrogen-bond acceptors (Lipinski definition) is 3. The standard InChI is InChI=1S/C14H16FNOS2/c1-14(2,3)12-8-18-13(16-12)9-19(17)11-7-5-4-6-10(11)15/h4-8H,9H2,1-3H3. The predicted octanol–water partition coefficient (Wildman–Crippen LogP) is 3.89. The average Bonchev–Trinajstić information content (AvgIpc) is 2.77. The van der Waals surface area contributed by atoms with Gasteiger partial charge >= 0.3 is 0 Å². The lowest BCUT2D eigenvalue weighted by molar-refractivity contribution is 0.571. The average molecular weight is 297 g/mol. The molecule has 1 aromatic carbocycles. The van der Waals surface area contributed by atoms with Gasteiger partial charge in [0, 0.05) is 10.8 Å². The van der Waals surface area contributed by atoms with Crippen LogP contribution in [-0.2, 0) is 22.0 Å². The normalized spacial score (nSPS) is 13.5. The van der Waals surface area contributed by atoms with Crippen molar-refractivity contribution in [1.29, 1.82) is 0 Å². The highest BCUT2D eigenvalue weighted by Gasteiger charge is 2.19. The summed E-state index contributed by atoms with van der Waals surface area (Å²) in [7, 11) is -1.39. The zero-order valence-corrected chi connectivity index (χ0v) is 12.8. The van der Waals surface area contributed by atoms with E-state index in [1.807, 2.05) is 5.38 Å².